The molecular formula is C11H18N4O3S. The van der Waals surface area contributed by atoms with Crippen LogP contribution in [-0.4, -0.2) is 44.9 Å². The molecule has 0 saturated carbocycles. The Morgan fingerprint density at radius 2 is 2.26 bits per heavy atom. The maximum absolute atomic E-state index is 11.7. The number of aliphatic carboxylic acids is 1. The number of anilines is 1. The topological polar surface area (TPSA) is 96.3 Å². The lowest BCUT2D eigenvalue weighted by Crippen LogP contribution is -2.43. The lowest BCUT2D eigenvalue weighted by atomic mass is 10.2. The van der Waals surface area contributed by atoms with Crippen molar-refractivity contribution < 1.29 is 14.7 Å². The van der Waals surface area contributed by atoms with Crippen LogP contribution in [0.4, 0.5) is 10.5 Å². The summed E-state index contributed by atoms with van der Waals surface area (Å²) in [7, 11) is 1.74. The van der Waals surface area contributed by atoms with E-state index in [0.717, 1.165) is 0 Å². The van der Waals surface area contributed by atoms with Gasteiger partial charge in [0.15, 0.2) is 0 Å². The predicted molar refractivity (Wildman–Crippen MR) is 74.5 cm³/mol. The monoisotopic (exact) mass is 286 g/mol. The largest absolute Gasteiger partial charge is 0.480 e. The molecule has 3 N–H and O–H groups in total. The number of carbonyl (C=O) groups is 2. The highest BCUT2D eigenvalue weighted by Gasteiger charge is 2.19. The summed E-state index contributed by atoms with van der Waals surface area (Å²) in [5.41, 5.74) is 1.24. The van der Waals surface area contributed by atoms with Gasteiger partial charge < -0.3 is 15.7 Å². The van der Waals surface area contributed by atoms with Gasteiger partial charge in [0.05, 0.1) is 11.4 Å². The standard InChI is InChI=1S/C11H18N4O3S/c1-7-9(6-15(2)14-7)13-11(18)12-8(10(16)17)4-5-19-3/h6,8H,4-5H2,1-3H3,(H,16,17)(H2,12,13,18)/t8-/m1/s1. The van der Waals surface area contributed by atoms with E-state index in [1.807, 2.05) is 6.26 Å². The molecule has 0 aliphatic rings. The predicted octanol–water partition coefficient (Wildman–Crippen LogP) is 1.06. The second-order valence-corrected chi connectivity index (χ2v) is 5.06. The van der Waals surface area contributed by atoms with Crippen molar-refractivity contribution in [2.24, 2.45) is 7.05 Å². The van der Waals surface area contributed by atoms with E-state index in [2.05, 4.69) is 15.7 Å². The molecule has 1 aromatic rings. The molecule has 1 atom stereocenters. The summed E-state index contributed by atoms with van der Waals surface area (Å²) < 4.78 is 1.58. The zero-order valence-electron chi connectivity index (χ0n) is 11.1. The maximum atomic E-state index is 11.7. The van der Waals surface area contributed by atoms with Crippen LogP contribution in [0.5, 0.6) is 0 Å². The van der Waals surface area contributed by atoms with E-state index in [0.29, 0.717) is 23.6 Å². The fraction of sp³-hybridized carbons (Fsp3) is 0.545. The first-order chi connectivity index (χ1) is 8.93. The molecule has 0 aromatic carbocycles. The highest BCUT2D eigenvalue weighted by molar-refractivity contribution is 7.98. The number of hydrogen-bond donors (Lipinski definition) is 3. The zero-order valence-corrected chi connectivity index (χ0v) is 12.0. The molecule has 0 fully saturated rings. The normalized spacial score (nSPS) is 11.9. The summed E-state index contributed by atoms with van der Waals surface area (Å²) in [5, 5.41) is 18.1. The molecule has 19 heavy (non-hydrogen) atoms. The van der Waals surface area contributed by atoms with Crippen LogP contribution in [0.1, 0.15) is 12.1 Å². The van der Waals surface area contributed by atoms with Crippen molar-refractivity contribution >= 4 is 29.4 Å². The number of aryl methyl sites for hydroxylation is 2. The third kappa shape index (κ3) is 4.82. The Bertz CT molecular complexity index is 461. The Hall–Kier alpha value is -1.70. The Morgan fingerprint density at radius 3 is 2.74 bits per heavy atom. The molecule has 0 unspecified atom stereocenters. The first-order valence-electron chi connectivity index (χ1n) is 5.73. The van der Waals surface area contributed by atoms with Gasteiger partial charge in [0, 0.05) is 13.2 Å². The van der Waals surface area contributed by atoms with Gasteiger partial charge in [-0.3, -0.25) is 4.68 Å². The minimum atomic E-state index is -1.04. The molecule has 106 valence electrons. The molecule has 0 aliphatic carbocycles. The van der Waals surface area contributed by atoms with Gasteiger partial charge >= 0.3 is 12.0 Å². The molecule has 0 spiro atoms. The van der Waals surface area contributed by atoms with E-state index < -0.39 is 18.0 Å². The van der Waals surface area contributed by atoms with Crippen molar-refractivity contribution in [2.75, 3.05) is 17.3 Å². The van der Waals surface area contributed by atoms with Gasteiger partial charge in [-0.05, 0) is 25.4 Å². The summed E-state index contributed by atoms with van der Waals surface area (Å²) in [5.74, 6) is -0.365. The third-order valence-corrected chi connectivity index (χ3v) is 3.12. The number of nitrogens with zero attached hydrogens (tertiary/aromatic N) is 2. The zero-order chi connectivity index (χ0) is 14.4. The Balaban J connectivity index is 2.57. The summed E-state index contributed by atoms with van der Waals surface area (Å²) >= 11 is 1.54. The molecule has 0 radical (unpaired) electrons. The average Bonchev–Trinajstić information content (AvgIpc) is 2.62. The van der Waals surface area contributed by atoms with E-state index in [-0.39, 0.29) is 0 Å². The number of hydrogen-bond acceptors (Lipinski definition) is 4. The fourth-order valence-corrected chi connectivity index (χ4v) is 2.00. The maximum Gasteiger partial charge on any atom is 0.326 e. The van der Waals surface area contributed by atoms with Crippen LogP contribution in [0.15, 0.2) is 6.20 Å². The molecular weight excluding hydrogens is 268 g/mol. The Morgan fingerprint density at radius 1 is 1.58 bits per heavy atom. The minimum Gasteiger partial charge on any atom is -0.480 e. The van der Waals surface area contributed by atoms with E-state index in [1.165, 1.54) is 11.8 Å². The van der Waals surface area contributed by atoms with Crippen LogP contribution in [0, 0.1) is 6.92 Å². The van der Waals surface area contributed by atoms with Crippen molar-refractivity contribution in [1.29, 1.82) is 0 Å². The number of thioether (sulfide) groups is 1. The van der Waals surface area contributed by atoms with Crippen LogP contribution < -0.4 is 10.6 Å². The second-order valence-electron chi connectivity index (χ2n) is 4.07. The summed E-state index contributed by atoms with van der Waals surface area (Å²) in [6.07, 6.45) is 3.93. The van der Waals surface area contributed by atoms with E-state index in [4.69, 9.17) is 5.11 Å². The Kier molecular flexibility index (Phi) is 5.68. The van der Waals surface area contributed by atoms with Gasteiger partial charge in [0.1, 0.15) is 6.04 Å². The highest BCUT2D eigenvalue weighted by atomic mass is 32.2. The van der Waals surface area contributed by atoms with Crippen molar-refractivity contribution in [1.82, 2.24) is 15.1 Å². The number of rotatable bonds is 6. The number of carbonyl (C=O) groups excluding carboxylic acids is 1. The lowest BCUT2D eigenvalue weighted by molar-refractivity contribution is -0.139. The first kappa shape index (κ1) is 15.4. The van der Waals surface area contributed by atoms with Gasteiger partial charge in [-0.25, -0.2) is 9.59 Å². The van der Waals surface area contributed by atoms with E-state index in [9.17, 15) is 9.59 Å². The van der Waals surface area contributed by atoms with E-state index >= 15 is 0 Å². The third-order valence-electron chi connectivity index (χ3n) is 2.48. The molecule has 1 rings (SSSR count). The molecule has 0 bridgehead atoms. The first-order valence-corrected chi connectivity index (χ1v) is 7.13. The number of amides is 2. The van der Waals surface area contributed by atoms with Crippen molar-refractivity contribution in [3.63, 3.8) is 0 Å². The minimum absolute atomic E-state index is 0.385. The summed E-state index contributed by atoms with van der Waals surface area (Å²) in [6, 6.07) is -1.42. The van der Waals surface area contributed by atoms with Gasteiger partial charge in [-0.2, -0.15) is 16.9 Å². The molecule has 0 aliphatic heterocycles. The molecule has 1 heterocycles. The van der Waals surface area contributed by atoms with Crippen molar-refractivity contribution in [3.8, 4) is 0 Å². The van der Waals surface area contributed by atoms with Crippen LogP contribution in [0.2, 0.25) is 0 Å². The van der Waals surface area contributed by atoms with Gasteiger partial charge in [-0.1, -0.05) is 0 Å². The summed E-state index contributed by atoms with van der Waals surface area (Å²) in [6.45, 7) is 1.76. The molecule has 8 heteroatoms. The van der Waals surface area contributed by atoms with Crippen LogP contribution >= 0.6 is 11.8 Å². The number of carboxylic acid groups (broad SMARTS) is 1. The van der Waals surface area contributed by atoms with Crippen molar-refractivity contribution in [3.05, 3.63) is 11.9 Å². The van der Waals surface area contributed by atoms with Gasteiger partial charge in [-0.15, -0.1) is 0 Å². The number of nitrogens with one attached hydrogen (secondary N) is 2. The molecule has 1 aromatic heterocycles. The summed E-state index contributed by atoms with van der Waals surface area (Å²) in [4.78, 5) is 22.7. The smallest absolute Gasteiger partial charge is 0.326 e. The second kappa shape index (κ2) is 7.03. The SMILES string of the molecule is CSCC[C@@H](NC(=O)Nc1cn(C)nc1C)C(=O)O. The lowest BCUT2D eigenvalue weighted by Gasteiger charge is -2.14. The molecule has 0 saturated heterocycles. The van der Waals surface area contributed by atoms with Crippen LogP contribution in [0.3, 0.4) is 0 Å². The Labute approximate surface area is 115 Å². The number of aromatic nitrogens is 2. The quantitative estimate of drug-likeness (QED) is 0.726. The van der Waals surface area contributed by atoms with Crippen LogP contribution in [0.25, 0.3) is 0 Å². The highest BCUT2D eigenvalue weighted by Crippen LogP contribution is 2.11. The van der Waals surface area contributed by atoms with Gasteiger partial charge in [0.2, 0.25) is 0 Å². The van der Waals surface area contributed by atoms with Gasteiger partial charge in [0.25, 0.3) is 0 Å². The number of carboxylic acids is 1. The average molecular weight is 286 g/mol. The molecule has 2 amide bonds. The fourth-order valence-electron chi connectivity index (χ4n) is 1.53. The number of urea groups is 1. The van der Waals surface area contributed by atoms with Crippen LogP contribution in [-0.2, 0) is 11.8 Å². The van der Waals surface area contributed by atoms with Crippen molar-refractivity contribution in [2.45, 2.75) is 19.4 Å². The van der Waals surface area contributed by atoms with E-state index in [1.54, 1.807) is 24.9 Å². The molecule has 7 nitrogen and oxygen atoms in total.